The highest BCUT2D eigenvalue weighted by Gasteiger charge is 2.37. The van der Waals surface area contributed by atoms with Crippen molar-refractivity contribution in [3.05, 3.63) is 54.2 Å². The molecule has 2 heterocycles. The molecule has 1 aromatic heterocycles. The maximum atomic E-state index is 12.6. The van der Waals surface area contributed by atoms with Crippen molar-refractivity contribution in [1.82, 2.24) is 9.88 Å². The van der Waals surface area contributed by atoms with Crippen LogP contribution in [0.1, 0.15) is 24.9 Å². The molecular formula is C19H21N3O3. The van der Waals surface area contributed by atoms with Crippen molar-refractivity contribution in [2.45, 2.75) is 19.4 Å². The Morgan fingerprint density at radius 3 is 2.76 bits per heavy atom. The Morgan fingerprint density at radius 1 is 1.28 bits per heavy atom. The molecule has 1 aromatic carbocycles. The van der Waals surface area contributed by atoms with Crippen molar-refractivity contribution >= 4 is 17.5 Å². The monoisotopic (exact) mass is 339 g/mol. The van der Waals surface area contributed by atoms with Crippen LogP contribution in [0.5, 0.6) is 5.88 Å². The summed E-state index contributed by atoms with van der Waals surface area (Å²) in [7, 11) is 1.50. The van der Waals surface area contributed by atoms with E-state index in [9.17, 15) is 9.59 Å². The van der Waals surface area contributed by atoms with Gasteiger partial charge in [-0.2, -0.15) is 0 Å². The minimum absolute atomic E-state index is 0.00495. The molecule has 1 N–H and O–H groups in total. The van der Waals surface area contributed by atoms with Gasteiger partial charge in [-0.1, -0.05) is 30.3 Å². The fraction of sp³-hybridized carbons (Fsp3) is 0.316. The maximum absolute atomic E-state index is 12.6. The van der Waals surface area contributed by atoms with Crippen LogP contribution in [-0.4, -0.2) is 35.4 Å². The topological polar surface area (TPSA) is 71.5 Å². The standard InChI is InChI=1S/C19H21N3O3/c1-13(14-7-4-3-5-8-14)22-12-15(11-17(22)23)18(24)21-16-9-6-10-20-19(16)25-2/h3-10,13,15H,11-12H2,1-2H3,(H,21,24)/t13-,15-/m1/s1. The first-order valence-corrected chi connectivity index (χ1v) is 8.24. The number of carbonyl (C=O) groups excluding carboxylic acids is 2. The smallest absolute Gasteiger partial charge is 0.237 e. The lowest BCUT2D eigenvalue weighted by Gasteiger charge is -2.25. The van der Waals surface area contributed by atoms with Gasteiger partial charge in [-0.25, -0.2) is 4.98 Å². The van der Waals surface area contributed by atoms with Gasteiger partial charge >= 0.3 is 0 Å². The van der Waals surface area contributed by atoms with Crippen LogP contribution in [0.2, 0.25) is 0 Å². The van der Waals surface area contributed by atoms with E-state index in [1.807, 2.05) is 37.3 Å². The number of benzene rings is 1. The second-order valence-corrected chi connectivity index (χ2v) is 6.08. The molecule has 2 atom stereocenters. The van der Waals surface area contributed by atoms with E-state index in [1.54, 1.807) is 23.2 Å². The summed E-state index contributed by atoms with van der Waals surface area (Å²) in [4.78, 5) is 30.8. The molecule has 0 aliphatic carbocycles. The van der Waals surface area contributed by atoms with Crippen molar-refractivity contribution < 1.29 is 14.3 Å². The molecular weight excluding hydrogens is 318 g/mol. The Balaban J connectivity index is 1.68. The highest BCUT2D eigenvalue weighted by Crippen LogP contribution is 2.29. The molecule has 3 rings (SSSR count). The normalized spacial score (nSPS) is 18.1. The molecule has 25 heavy (non-hydrogen) atoms. The zero-order chi connectivity index (χ0) is 17.8. The highest BCUT2D eigenvalue weighted by atomic mass is 16.5. The Morgan fingerprint density at radius 2 is 2.04 bits per heavy atom. The number of carbonyl (C=O) groups is 2. The molecule has 0 radical (unpaired) electrons. The van der Waals surface area contributed by atoms with Gasteiger partial charge in [-0.15, -0.1) is 0 Å². The number of methoxy groups -OCH3 is 1. The molecule has 0 saturated carbocycles. The number of amides is 2. The first kappa shape index (κ1) is 17.0. The zero-order valence-corrected chi connectivity index (χ0v) is 14.3. The summed E-state index contributed by atoms with van der Waals surface area (Å²) in [6.07, 6.45) is 1.81. The van der Waals surface area contributed by atoms with Gasteiger partial charge in [0.05, 0.1) is 19.1 Å². The average Bonchev–Trinajstić information content (AvgIpc) is 3.04. The Hall–Kier alpha value is -2.89. The lowest BCUT2D eigenvalue weighted by Crippen LogP contribution is -2.30. The largest absolute Gasteiger partial charge is 0.480 e. The van der Waals surface area contributed by atoms with Crippen molar-refractivity contribution in [2.75, 3.05) is 19.0 Å². The van der Waals surface area contributed by atoms with Gasteiger partial charge in [0.2, 0.25) is 17.7 Å². The summed E-state index contributed by atoms with van der Waals surface area (Å²) < 4.78 is 5.14. The van der Waals surface area contributed by atoms with Crippen molar-refractivity contribution in [3.8, 4) is 5.88 Å². The number of nitrogens with one attached hydrogen (secondary N) is 1. The van der Waals surface area contributed by atoms with E-state index in [1.165, 1.54) is 7.11 Å². The van der Waals surface area contributed by atoms with E-state index in [0.717, 1.165) is 5.56 Å². The number of likely N-dealkylation sites (tertiary alicyclic amines) is 1. The van der Waals surface area contributed by atoms with Crippen LogP contribution in [0, 0.1) is 5.92 Å². The molecule has 2 aromatic rings. The van der Waals surface area contributed by atoms with Crippen LogP contribution in [0.15, 0.2) is 48.7 Å². The fourth-order valence-corrected chi connectivity index (χ4v) is 3.08. The summed E-state index contributed by atoms with van der Waals surface area (Å²) in [6.45, 7) is 2.39. The molecule has 0 bridgehead atoms. The number of pyridine rings is 1. The molecule has 2 amide bonds. The maximum Gasteiger partial charge on any atom is 0.237 e. The first-order valence-electron chi connectivity index (χ1n) is 8.24. The lowest BCUT2D eigenvalue weighted by molar-refractivity contribution is -0.129. The van der Waals surface area contributed by atoms with Gasteiger partial charge in [0, 0.05) is 19.2 Å². The molecule has 0 spiro atoms. The molecule has 6 heteroatoms. The van der Waals surface area contributed by atoms with Crippen molar-refractivity contribution in [2.24, 2.45) is 5.92 Å². The quantitative estimate of drug-likeness (QED) is 0.909. The molecule has 6 nitrogen and oxygen atoms in total. The Bertz CT molecular complexity index is 764. The number of nitrogens with zero attached hydrogens (tertiary/aromatic N) is 2. The van der Waals surface area contributed by atoms with Crippen molar-refractivity contribution in [3.63, 3.8) is 0 Å². The SMILES string of the molecule is COc1ncccc1NC(=O)[C@@H]1CC(=O)N([C@H](C)c2ccccc2)C1. The van der Waals surface area contributed by atoms with Gasteiger partial charge in [-0.3, -0.25) is 9.59 Å². The average molecular weight is 339 g/mol. The van der Waals surface area contributed by atoms with E-state index in [0.29, 0.717) is 18.1 Å². The van der Waals surface area contributed by atoms with Crippen LogP contribution in [0.25, 0.3) is 0 Å². The minimum Gasteiger partial charge on any atom is -0.480 e. The summed E-state index contributed by atoms with van der Waals surface area (Å²) >= 11 is 0. The van der Waals surface area contributed by atoms with Gasteiger partial charge in [-0.05, 0) is 24.6 Å². The molecule has 130 valence electrons. The third-order valence-electron chi connectivity index (χ3n) is 4.50. The predicted octanol–water partition coefficient (Wildman–Crippen LogP) is 2.64. The third-order valence-corrected chi connectivity index (χ3v) is 4.50. The second kappa shape index (κ2) is 7.34. The van der Waals surface area contributed by atoms with Gasteiger partial charge in [0.1, 0.15) is 5.69 Å². The first-order chi connectivity index (χ1) is 12.1. The fourth-order valence-electron chi connectivity index (χ4n) is 3.08. The van der Waals surface area contributed by atoms with Crippen LogP contribution < -0.4 is 10.1 Å². The summed E-state index contributed by atoms with van der Waals surface area (Å²) in [5.74, 6) is -0.227. The van der Waals surface area contributed by atoms with Crippen molar-refractivity contribution in [1.29, 1.82) is 0 Å². The van der Waals surface area contributed by atoms with E-state index in [-0.39, 0.29) is 30.2 Å². The lowest BCUT2D eigenvalue weighted by atomic mass is 10.1. The Labute approximate surface area is 146 Å². The molecule has 1 aliphatic heterocycles. The van der Waals surface area contributed by atoms with Gasteiger partial charge in [0.25, 0.3) is 0 Å². The van der Waals surface area contributed by atoms with Crippen LogP contribution in [0.3, 0.4) is 0 Å². The summed E-state index contributed by atoms with van der Waals surface area (Å²) in [6, 6.07) is 13.2. The highest BCUT2D eigenvalue weighted by molar-refractivity contribution is 5.98. The van der Waals surface area contributed by atoms with E-state index in [2.05, 4.69) is 10.3 Å². The van der Waals surface area contributed by atoms with E-state index in [4.69, 9.17) is 4.74 Å². The number of aromatic nitrogens is 1. The third kappa shape index (κ3) is 3.63. The van der Waals surface area contributed by atoms with Gasteiger partial charge < -0.3 is 15.0 Å². The predicted molar refractivity (Wildman–Crippen MR) is 94.1 cm³/mol. The number of hydrogen-bond acceptors (Lipinski definition) is 4. The van der Waals surface area contributed by atoms with E-state index >= 15 is 0 Å². The summed E-state index contributed by atoms with van der Waals surface area (Å²) in [5, 5.41) is 2.82. The number of anilines is 1. The Kier molecular flexibility index (Phi) is 4.97. The summed E-state index contributed by atoms with van der Waals surface area (Å²) in [5.41, 5.74) is 1.57. The molecule has 1 fully saturated rings. The minimum atomic E-state index is -0.386. The molecule has 1 saturated heterocycles. The molecule has 1 aliphatic rings. The zero-order valence-electron chi connectivity index (χ0n) is 14.3. The van der Waals surface area contributed by atoms with Gasteiger partial charge in [0.15, 0.2) is 0 Å². The number of ether oxygens (including phenoxy) is 1. The van der Waals surface area contributed by atoms with Crippen LogP contribution >= 0.6 is 0 Å². The van der Waals surface area contributed by atoms with Crippen LogP contribution in [-0.2, 0) is 9.59 Å². The number of rotatable bonds is 5. The van der Waals surface area contributed by atoms with E-state index < -0.39 is 0 Å². The van der Waals surface area contributed by atoms with Crippen LogP contribution in [0.4, 0.5) is 5.69 Å². The number of hydrogen-bond donors (Lipinski definition) is 1. The molecule has 0 unspecified atom stereocenters. The second-order valence-electron chi connectivity index (χ2n) is 6.08.